The average molecular weight is 265 g/mol. The van der Waals surface area contributed by atoms with Gasteiger partial charge in [-0.15, -0.1) is 0 Å². The molecule has 1 atom stereocenters. The summed E-state index contributed by atoms with van der Waals surface area (Å²) in [6.45, 7) is 3.82. The number of hydrogen-bond acceptors (Lipinski definition) is 4. The predicted molar refractivity (Wildman–Crippen MR) is 72.7 cm³/mol. The number of methoxy groups -OCH3 is 1. The van der Waals surface area contributed by atoms with E-state index in [1.165, 1.54) is 7.11 Å². The predicted octanol–water partition coefficient (Wildman–Crippen LogP) is 1.51. The molecule has 2 rings (SSSR count). The SMILES string of the molecule is CCc1cc(CN2CCCC[C@@H]2C(=O)OC)n(C)n1. The molecule has 19 heavy (non-hydrogen) atoms. The van der Waals surface area contributed by atoms with Gasteiger partial charge in [-0.25, -0.2) is 0 Å². The van der Waals surface area contributed by atoms with Crippen LogP contribution in [-0.4, -0.2) is 40.3 Å². The van der Waals surface area contributed by atoms with Gasteiger partial charge >= 0.3 is 5.97 Å². The van der Waals surface area contributed by atoms with Crippen molar-refractivity contribution in [1.82, 2.24) is 14.7 Å². The van der Waals surface area contributed by atoms with Crippen molar-refractivity contribution < 1.29 is 9.53 Å². The molecule has 1 aliphatic rings. The zero-order valence-corrected chi connectivity index (χ0v) is 12.1. The number of aromatic nitrogens is 2. The summed E-state index contributed by atoms with van der Waals surface area (Å²) in [5.74, 6) is -0.113. The largest absolute Gasteiger partial charge is 0.468 e. The lowest BCUT2D eigenvalue weighted by Crippen LogP contribution is -2.44. The molecule has 1 aliphatic heterocycles. The molecule has 0 aromatic carbocycles. The first kappa shape index (κ1) is 14.1. The number of hydrogen-bond donors (Lipinski definition) is 0. The van der Waals surface area contributed by atoms with E-state index in [0.29, 0.717) is 0 Å². The number of likely N-dealkylation sites (tertiary alicyclic amines) is 1. The second-order valence-corrected chi connectivity index (χ2v) is 5.11. The summed E-state index contributed by atoms with van der Waals surface area (Å²) in [5, 5.41) is 4.46. The van der Waals surface area contributed by atoms with Crippen molar-refractivity contribution in [3.8, 4) is 0 Å². The highest BCUT2D eigenvalue weighted by Gasteiger charge is 2.29. The van der Waals surface area contributed by atoms with Gasteiger partial charge in [0.2, 0.25) is 0 Å². The number of carbonyl (C=O) groups is 1. The monoisotopic (exact) mass is 265 g/mol. The van der Waals surface area contributed by atoms with Crippen LogP contribution in [0.5, 0.6) is 0 Å². The summed E-state index contributed by atoms with van der Waals surface area (Å²) in [4.78, 5) is 14.0. The topological polar surface area (TPSA) is 47.4 Å². The number of nitrogens with zero attached hydrogens (tertiary/aromatic N) is 3. The minimum atomic E-state index is -0.113. The van der Waals surface area contributed by atoms with Gasteiger partial charge in [-0.2, -0.15) is 5.10 Å². The highest BCUT2D eigenvalue weighted by atomic mass is 16.5. The van der Waals surface area contributed by atoms with Crippen LogP contribution in [0.15, 0.2) is 6.07 Å². The molecule has 0 N–H and O–H groups in total. The normalized spacial score (nSPS) is 20.5. The minimum Gasteiger partial charge on any atom is -0.468 e. The molecule has 106 valence electrons. The molecular weight excluding hydrogens is 242 g/mol. The lowest BCUT2D eigenvalue weighted by atomic mass is 10.0. The van der Waals surface area contributed by atoms with Crippen molar-refractivity contribution in [2.75, 3.05) is 13.7 Å². The fraction of sp³-hybridized carbons (Fsp3) is 0.714. The second kappa shape index (κ2) is 6.19. The number of esters is 1. The van der Waals surface area contributed by atoms with E-state index in [2.05, 4.69) is 23.0 Å². The molecule has 2 heterocycles. The van der Waals surface area contributed by atoms with Crippen molar-refractivity contribution >= 4 is 5.97 Å². The van der Waals surface area contributed by atoms with Gasteiger partial charge in [0.05, 0.1) is 18.5 Å². The quantitative estimate of drug-likeness (QED) is 0.774. The Hall–Kier alpha value is -1.36. The van der Waals surface area contributed by atoms with Gasteiger partial charge in [-0.05, 0) is 31.9 Å². The lowest BCUT2D eigenvalue weighted by Gasteiger charge is -2.33. The second-order valence-electron chi connectivity index (χ2n) is 5.11. The highest BCUT2D eigenvalue weighted by molar-refractivity contribution is 5.75. The van der Waals surface area contributed by atoms with Gasteiger partial charge in [0.25, 0.3) is 0 Å². The number of piperidine rings is 1. The Labute approximate surface area is 114 Å². The van der Waals surface area contributed by atoms with Crippen LogP contribution in [0.2, 0.25) is 0 Å². The molecule has 0 amide bonds. The molecule has 5 heteroatoms. The molecule has 5 nitrogen and oxygen atoms in total. The molecule has 1 aromatic rings. The third kappa shape index (κ3) is 3.15. The molecule has 0 saturated carbocycles. The van der Waals surface area contributed by atoms with Crippen LogP contribution in [-0.2, 0) is 29.5 Å². The fourth-order valence-corrected chi connectivity index (χ4v) is 2.68. The Balaban J connectivity index is 2.10. The van der Waals surface area contributed by atoms with E-state index in [4.69, 9.17) is 4.74 Å². The maximum atomic E-state index is 11.8. The van der Waals surface area contributed by atoms with E-state index in [0.717, 1.165) is 50.2 Å². The number of carbonyl (C=O) groups excluding carboxylic acids is 1. The first-order valence-electron chi connectivity index (χ1n) is 6.99. The van der Waals surface area contributed by atoms with Crippen LogP contribution in [0.4, 0.5) is 0 Å². The smallest absolute Gasteiger partial charge is 0.323 e. The van der Waals surface area contributed by atoms with Crippen LogP contribution in [0, 0.1) is 0 Å². The van der Waals surface area contributed by atoms with Crippen LogP contribution >= 0.6 is 0 Å². The maximum Gasteiger partial charge on any atom is 0.323 e. The Kier molecular flexibility index (Phi) is 4.58. The average Bonchev–Trinajstić information content (AvgIpc) is 2.79. The van der Waals surface area contributed by atoms with Crippen LogP contribution in [0.1, 0.15) is 37.6 Å². The Morgan fingerprint density at radius 1 is 1.53 bits per heavy atom. The third-order valence-electron chi connectivity index (χ3n) is 3.84. The minimum absolute atomic E-state index is 0.0984. The van der Waals surface area contributed by atoms with Crippen molar-refractivity contribution in [2.24, 2.45) is 7.05 Å². The van der Waals surface area contributed by atoms with Crippen molar-refractivity contribution in [1.29, 1.82) is 0 Å². The van der Waals surface area contributed by atoms with E-state index in [1.807, 2.05) is 11.7 Å². The van der Waals surface area contributed by atoms with Crippen LogP contribution < -0.4 is 0 Å². The summed E-state index contributed by atoms with van der Waals surface area (Å²) in [6.07, 6.45) is 4.08. The summed E-state index contributed by atoms with van der Waals surface area (Å²) in [5.41, 5.74) is 2.26. The Morgan fingerprint density at radius 3 is 2.95 bits per heavy atom. The van der Waals surface area contributed by atoms with Crippen molar-refractivity contribution in [2.45, 2.75) is 45.2 Å². The molecule has 1 fully saturated rings. The molecule has 1 aromatic heterocycles. The van der Waals surface area contributed by atoms with Gasteiger partial charge in [-0.1, -0.05) is 13.3 Å². The fourth-order valence-electron chi connectivity index (χ4n) is 2.68. The Morgan fingerprint density at radius 2 is 2.32 bits per heavy atom. The molecule has 0 aliphatic carbocycles. The molecule has 1 saturated heterocycles. The van der Waals surface area contributed by atoms with Crippen LogP contribution in [0.3, 0.4) is 0 Å². The van der Waals surface area contributed by atoms with Gasteiger partial charge in [-0.3, -0.25) is 14.4 Å². The molecule has 0 unspecified atom stereocenters. The first-order valence-corrected chi connectivity index (χ1v) is 6.99. The van der Waals surface area contributed by atoms with Gasteiger partial charge in [0, 0.05) is 13.6 Å². The first-order chi connectivity index (χ1) is 9.15. The zero-order chi connectivity index (χ0) is 13.8. The Bertz CT molecular complexity index is 442. The van der Waals surface area contributed by atoms with E-state index in [1.54, 1.807) is 0 Å². The lowest BCUT2D eigenvalue weighted by molar-refractivity contribution is -0.148. The summed E-state index contributed by atoms with van der Waals surface area (Å²) in [7, 11) is 3.43. The standard InChI is InChI=1S/C14H23N3O2/c1-4-11-9-12(16(2)15-11)10-17-8-6-5-7-13(17)14(18)19-3/h9,13H,4-8,10H2,1-3H3/t13-/m1/s1. The summed E-state index contributed by atoms with van der Waals surface area (Å²) < 4.78 is 6.83. The van der Waals surface area contributed by atoms with Crippen LogP contribution in [0.25, 0.3) is 0 Å². The van der Waals surface area contributed by atoms with Gasteiger partial charge in [0.1, 0.15) is 6.04 Å². The highest BCUT2D eigenvalue weighted by Crippen LogP contribution is 2.20. The summed E-state index contributed by atoms with van der Waals surface area (Å²) >= 11 is 0. The molecule has 0 spiro atoms. The zero-order valence-electron chi connectivity index (χ0n) is 12.1. The molecular formula is C14H23N3O2. The van der Waals surface area contributed by atoms with Crippen molar-refractivity contribution in [3.63, 3.8) is 0 Å². The van der Waals surface area contributed by atoms with Gasteiger partial charge in [0.15, 0.2) is 0 Å². The van der Waals surface area contributed by atoms with E-state index in [-0.39, 0.29) is 12.0 Å². The van der Waals surface area contributed by atoms with E-state index < -0.39 is 0 Å². The summed E-state index contributed by atoms with van der Waals surface area (Å²) in [6, 6.07) is 2.03. The molecule has 0 radical (unpaired) electrons. The number of rotatable bonds is 4. The number of ether oxygens (including phenoxy) is 1. The van der Waals surface area contributed by atoms with Gasteiger partial charge < -0.3 is 4.74 Å². The third-order valence-corrected chi connectivity index (χ3v) is 3.84. The van der Waals surface area contributed by atoms with E-state index >= 15 is 0 Å². The van der Waals surface area contributed by atoms with E-state index in [9.17, 15) is 4.79 Å². The number of aryl methyl sites for hydroxylation is 2. The molecule has 0 bridgehead atoms. The van der Waals surface area contributed by atoms with Crippen molar-refractivity contribution in [3.05, 3.63) is 17.5 Å². The maximum absolute atomic E-state index is 11.8.